The van der Waals surface area contributed by atoms with Gasteiger partial charge in [-0.15, -0.1) is 11.3 Å². The Bertz CT molecular complexity index is 697. The number of anilines is 1. The molecule has 2 aliphatic rings. The van der Waals surface area contributed by atoms with Gasteiger partial charge < -0.3 is 0 Å². The van der Waals surface area contributed by atoms with E-state index in [9.17, 15) is 0 Å². The quantitative estimate of drug-likeness (QED) is 0.766. The Morgan fingerprint density at radius 3 is 3.35 bits per heavy atom. The largest absolute Gasteiger partial charge is 0.273 e. The maximum atomic E-state index is 4.29. The third-order valence-electron chi connectivity index (χ3n) is 2.74. The third-order valence-corrected chi connectivity index (χ3v) is 3.90. The molecule has 1 N–H and O–H groups in total. The lowest BCUT2D eigenvalue weighted by Crippen LogP contribution is -2.19. The van der Waals surface area contributed by atoms with E-state index in [0.717, 1.165) is 21.1 Å². The molecule has 2 aliphatic heterocycles. The van der Waals surface area contributed by atoms with Crippen molar-refractivity contribution < 1.29 is 0 Å². The number of aliphatic imine (C=N–C) groups is 1. The maximum absolute atomic E-state index is 4.29. The molecule has 82 valence electrons. The van der Waals surface area contributed by atoms with Crippen LogP contribution in [0, 0.1) is 0 Å². The highest BCUT2D eigenvalue weighted by atomic mass is 32.1. The lowest BCUT2D eigenvalue weighted by atomic mass is 10.2. The topological polar surface area (TPSA) is 52.9 Å². The van der Waals surface area contributed by atoms with E-state index in [1.165, 1.54) is 5.39 Å². The summed E-state index contributed by atoms with van der Waals surface area (Å²) >= 11 is 1.69. The van der Waals surface area contributed by atoms with E-state index >= 15 is 0 Å². The summed E-state index contributed by atoms with van der Waals surface area (Å²) in [5.74, 6) is 0.875. The second-order valence-corrected chi connectivity index (χ2v) is 4.74. The molecule has 0 saturated carbocycles. The number of pyridine rings is 1. The Labute approximate surface area is 101 Å². The Hall–Kier alpha value is -2.21. The third kappa shape index (κ3) is 1.15. The summed E-state index contributed by atoms with van der Waals surface area (Å²) in [4.78, 5) is 10.4. The number of aromatic nitrogens is 1. The van der Waals surface area contributed by atoms with Crippen LogP contribution < -0.4 is 10.3 Å². The zero-order chi connectivity index (χ0) is 11.2. The number of nitrogens with zero attached hydrogens (tertiary/aromatic N) is 4. The Morgan fingerprint density at radius 2 is 2.35 bits per heavy atom. The van der Waals surface area contributed by atoms with Crippen molar-refractivity contribution in [2.45, 2.75) is 0 Å². The molecule has 0 unspecified atom stereocenters. The summed E-state index contributed by atoms with van der Waals surface area (Å²) in [6.45, 7) is 0. The molecule has 0 spiro atoms. The molecule has 2 aromatic heterocycles. The molecule has 0 fully saturated rings. The van der Waals surface area contributed by atoms with Gasteiger partial charge in [0.15, 0.2) is 5.82 Å². The molecule has 0 radical (unpaired) electrons. The van der Waals surface area contributed by atoms with Crippen LogP contribution in [0.2, 0.25) is 0 Å². The maximum Gasteiger partial charge on any atom is 0.151 e. The number of nitrogens with one attached hydrogen (secondary N) is 1. The smallest absolute Gasteiger partial charge is 0.151 e. The Kier molecular flexibility index (Phi) is 1.64. The predicted molar refractivity (Wildman–Crippen MR) is 69.4 cm³/mol. The van der Waals surface area contributed by atoms with Gasteiger partial charge in [-0.25, -0.2) is 0 Å². The molecule has 0 aromatic carbocycles. The molecular weight excluding hydrogens is 234 g/mol. The van der Waals surface area contributed by atoms with Gasteiger partial charge in [-0.05, 0) is 6.07 Å². The lowest BCUT2D eigenvalue weighted by Gasteiger charge is -2.12. The Morgan fingerprint density at radius 1 is 1.35 bits per heavy atom. The number of hydrogen-bond donors (Lipinski definition) is 1. The van der Waals surface area contributed by atoms with E-state index in [4.69, 9.17) is 0 Å². The average molecular weight is 241 g/mol. The molecule has 4 rings (SSSR count). The number of thiophene rings is 1. The van der Waals surface area contributed by atoms with Crippen LogP contribution >= 0.6 is 11.3 Å². The minimum Gasteiger partial charge on any atom is -0.273 e. The van der Waals surface area contributed by atoms with Crippen LogP contribution in [0.15, 0.2) is 40.6 Å². The zero-order valence-corrected chi connectivity index (χ0v) is 9.48. The highest BCUT2D eigenvalue weighted by Crippen LogP contribution is 2.38. The van der Waals surface area contributed by atoms with Crippen LogP contribution in [0.5, 0.6) is 0 Å². The van der Waals surface area contributed by atoms with Gasteiger partial charge in [0.1, 0.15) is 11.3 Å². The highest BCUT2D eigenvalue weighted by molar-refractivity contribution is 7.23. The second-order valence-electron chi connectivity index (χ2n) is 3.71. The van der Waals surface area contributed by atoms with Crippen LogP contribution in [0.25, 0.3) is 10.1 Å². The van der Waals surface area contributed by atoms with Gasteiger partial charge >= 0.3 is 0 Å². The van der Waals surface area contributed by atoms with Crippen molar-refractivity contribution in [1.29, 1.82) is 0 Å². The number of hydrazone groups is 1. The molecule has 0 aliphatic carbocycles. The summed E-state index contributed by atoms with van der Waals surface area (Å²) in [5, 5.41) is 6.34. The fraction of sp³-hybridized carbons (Fsp3) is 0. The first-order chi connectivity index (χ1) is 8.43. The first kappa shape index (κ1) is 8.89. The molecular formula is C11H7N5S. The number of rotatable bonds is 0. The number of fused-ring (bicyclic) bond motifs is 5. The predicted octanol–water partition coefficient (Wildman–Crippen LogP) is 1.88. The average Bonchev–Trinajstić information content (AvgIpc) is 2.91. The Balaban J connectivity index is 2.06. The van der Waals surface area contributed by atoms with Gasteiger partial charge in [0, 0.05) is 29.6 Å². The van der Waals surface area contributed by atoms with Crippen molar-refractivity contribution in [2.75, 3.05) is 4.90 Å². The minimum absolute atomic E-state index is 0.875. The van der Waals surface area contributed by atoms with E-state index in [0.29, 0.717) is 0 Å². The molecule has 0 saturated heterocycles. The zero-order valence-electron chi connectivity index (χ0n) is 8.66. The molecule has 4 heterocycles. The van der Waals surface area contributed by atoms with Crippen molar-refractivity contribution in [2.24, 2.45) is 10.1 Å². The number of hydrogen-bond acceptors (Lipinski definition) is 6. The molecule has 0 atom stereocenters. The van der Waals surface area contributed by atoms with E-state index in [2.05, 4.69) is 20.5 Å². The van der Waals surface area contributed by atoms with E-state index in [1.54, 1.807) is 30.1 Å². The SMILES string of the molecule is C1=NC=C2NN=CN2c2sc3cnccc3c21. The van der Waals surface area contributed by atoms with Crippen LogP contribution in [-0.4, -0.2) is 17.5 Å². The van der Waals surface area contributed by atoms with Gasteiger partial charge in [-0.2, -0.15) is 5.10 Å². The fourth-order valence-corrected chi connectivity index (χ4v) is 3.09. The van der Waals surface area contributed by atoms with Crippen LogP contribution in [0.3, 0.4) is 0 Å². The van der Waals surface area contributed by atoms with Gasteiger partial charge in [0.25, 0.3) is 0 Å². The summed E-state index contributed by atoms with van der Waals surface area (Å²) in [6, 6.07) is 2.02. The lowest BCUT2D eigenvalue weighted by molar-refractivity contribution is 0.917. The van der Waals surface area contributed by atoms with Gasteiger partial charge in [-0.3, -0.25) is 20.3 Å². The normalized spacial score (nSPS) is 16.5. The highest BCUT2D eigenvalue weighted by Gasteiger charge is 2.23. The molecule has 0 amide bonds. The summed E-state index contributed by atoms with van der Waals surface area (Å²) in [5.41, 5.74) is 4.04. The first-order valence-corrected chi connectivity index (χ1v) is 5.93. The van der Waals surface area contributed by atoms with Crippen molar-refractivity contribution in [1.82, 2.24) is 10.4 Å². The van der Waals surface area contributed by atoms with Gasteiger partial charge in [-0.1, -0.05) is 0 Å². The van der Waals surface area contributed by atoms with Crippen LogP contribution in [-0.2, 0) is 0 Å². The van der Waals surface area contributed by atoms with E-state index < -0.39 is 0 Å². The van der Waals surface area contributed by atoms with Crippen molar-refractivity contribution >= 4 is 39.0 Å². The van der Waals surface area contributed by atoms with Crippen LogP contribution in [0.4, 0.5) is 5.00 Å². The standard InChI is InChI=1S/C11H7N5S/c1-2-12-4-9-7(1)8-3-13-5-10-15-14-6-16(10)11(8)17-9/h1-6,15H. The second kappa shape index (κ2) is 3.14. The van der Waals surface area contributed by atoms with Crippen molar-refractivity contribution in [3.8, 4) is 0 Å². The van der Waals surface area contributed by atoms with Gasteiger partial charge in [0.2, 0.25) is 0 Å². The molecule has 5 nitrogen and oxygen atoms in total. The van der Waals surface area contributed by atoms with Crippen LogP contribution in [0.1, 0.15) is 5.56 Å². The van der Waals surface area contributed by atoms with Gasteiger partial charge in [0.05, 0.1) is 10.9 Å². The minimum atomic E-state index is 0.875. The van der Waals surface area contributed by atoms with E-state index in [1.807, 2.05) is 23.4 Å². The monoisotopic (exact) mass is 241 g/mol. The summed E-state index contributed by atoms with van der Waals surface area (Å²) in [6.07, 6.45) is 9.11. The molecule has 17 heavy (non-hydrogen) atoms. The first-order valence-electron chi connectivity index (χ1n) is 5.12. The molecule has 0 bridgehead atoms. The summed E-state index contributed by atoms with van der Waals surface area (Å²) < 4.78 is 1.16. The molecule has 6 heteroatoms. The molecule has 2 aromatic rings. The van der Waals surface area contributed by atoms with Crippen molar-refractivity contribution in [3.05, 3.63) is 36.0 Å². The fourth-order valence-electron chi connectivity index (χ4n) is 1.97. The van der Waals surface area contributed by atoms with E-state index in [-0.39, 0.29) is 0 Å². The summed E-state index contributed by atoms with van der Waals surface area (Å²) in [7, 11) is 0. The van der Waals surface area contributed by atoms with Crippen molar-refractivity contribution in [3.63, 3.8) is 0 Å².